The number of rotatable bonds is 4. The summed E-state index contributed by atoms with van der Waals surface area (Å²) in [7, 11) is 1.51. The van der Waals surface area contributed by atoms with Gasteiger partial charge in [0, 0.05) is 5.56 Å². The summed E-state index contributed by atoms with van der Waals surface area (Å²) >= 11 is 6.15. The molecule has 16 heavy (non-hydrogen) atoms. The number of hydrogen-bond donors (Lipinski definition) is 1. The first-order chi connectivity index (χ1) is 7.52. The van der Waals surface area contributed by atoms with Crippen LogP contribution in [0.15, 0.2) is 12.1 Å². The van der Waals surface area contributed by atoms with Gasteiger partial charge in [0.05, 0.1) is 18.1 Å². The van der Waals surface area contributed by atoms with E-state index in [-0.39, 0.29) is 0 Å². The number of benzene rings is 1. The molecule has 0 saturated heterocycles. The number of halogens is 1. The Kier molecular flexibility index (Phi) is 4.19. The molecule has 0 spiro atoms. The average molecular weight is 243 g/mol. The fourth-order valence-electron chi connectivity index (χ4n) is 1.69. The van der Waals surface area contributed by atoms with E-state index in [0.29, 0.717) is 22.8 Å². The zero-order valence-electron chi connectivity index (χ0n) is 9.58. The van der Waals surface area contributed by atoms with Crippen LogP contribution in [-0.4, -0.2) is 18.2 Å². The molecule has 3 nitrogen and oxygen atoms in total. The highest BCUT2D eigenvalue weighted by atomic mass is 35.5. The van der Waals surface area contributed by atoms with Crippen LogP contribution >= 0.6 is 11.6 Å². The van der Waals surface area contributed by atoms with Crippen molar-refractivity contribution in [2.75, 3.05) is 7.11 Å². The number of carboxylic acid groups (broad SMARTS) is 1. The van der Waals surface area contributed by atoms with Gasteiger partial charge in [0.15, 0.2) is 0 Å². The lowest BCUT2D eigenvalue weighted by molar-refractivity contribution is -0.138. The highest BCUT2D eigenvalue weighted by Gasteiger charge is 2.25. The smallest absolute Gasteiger partial charge is 0.311 e. The molecule has 0 bridgehead atoms. The first kappa shape index (κ1) is 12.8. The summed E-state index contributed by atoms with van der Waals surface area (Å²) in [6.45, 7) is 3.66. The lowest BCUT2D eigenvalue weighted by atomic mass is 9.94. The molecule has 1 unspecified atom stereocenters. The minimum Gasteiger partial charge on any atom is -0.496 e. The molecule has 0 aliphatic carbocycles. The molecule has 4 heteroatoms. The molecule has 88 valence electrons. The minimum absolute atomic E-state index is 0.480. The number of ether oxygens (including phenoxy) is 1. The summed E-state index contributed by atoms with van der Waals surface area (Å²) in [5, 5.41) is 9.63. The van der Waals surface area contributed by atoms with Crippen LogP contribution < -0.4 is 4.74 Å². The van der Waals surface area contributed by atoms with Crippen molar-refractivity contribution in [3.63, 3.8) is 0 Å². The Hall–Kier alpha value is -1.22. The molecule has 0 aliphatic heterocycles. The van der Waals surface area contributed by atoms with Crippen molar-refractivity contribution in [1.29, 1.82) is 0 Å². The maximum absolute atomic E-state index is 11.1. The van der Waals surface area contributed by atoms with Crippen molar-refractivity contribution in [2.24, 2.45) is 0 Å². The van der Waals surface area contributed by atoms with Crippen LogP contribution in [0.4, 0.5) is 0 Å². The van der Waals surface area contributed by atoms with Gasteiger partial charge < -0.3 is 9.84 Å². The Bertz CT molecular complexity index is 401. The quantitative estimate of drug-likeness (QED) is 0.882. The van der Waals surface area contributed by atoms with Crippen molar-refractivity contribution >= 4 is 17.6 Å². The van der Waals surface area contributed by atoms with Gasteiger partial charge in [0.1, 0.15) is 5.75 Å². The average Bonchev–Trinajstić information content (AvgIpc) is 2.25. The molecule has 0 radical (unpaired) electrons. The van der Waals surface area contributed by atoms with Gasteiger partial charge in [-0.1, -0.05) is 24.6 Å². The van der Waals surface area contributed by atoms with Gasteiger partial charge in [-0.3, -0.25) is 4.79 Å². The van der Waals surface area contributed by atoms with Crippen LogP contribution in [0.2, 0.25) is 5.02 Å². The zero-order valence-corrected chi connectivity index (χ0v) is 10.3. The van der Waals surface area contributed by atoms with E-state index < -0.39 is 11.9 Å². The summed E-state index contributed by atoms with van der Waals surface area (Å²) in [6, 6.07) is 3.57. The Morgan fingerprint density at radius 3 is 2.62 bits per heavy atom. The van der Waals surface area contributed by atoms with Crippen LogP contribution in [0.3, 0.4) is 0 Å². The molecule has 0 aromatic heterocycles. The number of carboxylic acids is 1. The van der Waals surface area contributed by atoms with E-state index in [4.69, 9.17) is 21.4 Å². The number of carbonyl (C=O) groups is 1. The molecule has 1 N–H and O–H groups in total. The van der Waals surface area contributed by atoms with E-state index in [1.807, 2.05) is 19.9 Å². The van der Waals surface area contributed by atoms with E-state index in [1.54, 1.807) is 6.07 Å². The molecule has 1 aromatic carbocycles. The standard InChI is InChI=1S/C12H15ClO3/c1-4-8(12(14)15)10-9(16-3)6-5-7(2)11(10)13/h5-6,8H,4H2,1-3H3,(H,14,15). The Morgan fingerprint density at radius 1 is 1.56 bits per heavy atom. The molecule has 0 aliphatic rings. The van der Waals surface area contributed by atoms with Gasteiger partial charge in [-0.05, 0) is 25.0 Å². The second-order valence-corrected chi connectivity index (χ2v) is 3.99. The highest BCUT2D eigenvalue weighted by molar-refractivity contribution is 6.32. The molecule has 1 rings (SSSR count). The first-order valence-corrected chi connectivity index (χ1v) is 5.46. The Balaban J connectivity index is 3.38. The number of methoxy groups -OCH3 is 1. The van der Waals surface area contributed by atoms with E-state index in [0.717, 1.165) is 5.56 Å². The normalized spacial score (nSPS) is 12.2. The topological polar surface area (TPSA) is 46.5 Å². The summed E-state index contributed by atoms with van der Waals surface area (Å²) in [5.41, 5.74) is 1.43. The second-order valence-electron chi connectivity index (χ2n) is 3.61. The van der Waals surface area contributed by atoms with Crippen molar-refractivity contribution in [2.45, 2.75) is 26.2 Å². The third kappa shape index (κ3) is 2.30. The largest absolute Gasteiger partial charge is 0.496 e. The van der Waals surface area contributed by atoms with Crippen LogP contribution in [0.5, 0.6) is 5.75 Å². The molecule has 0 saturated carbocycles. The molecule has 0 heterocycles. The fraction of sp³-hybridized carbons (Fsp3) is 0.417. The maximum Gasteiger partial charge on any atom is 0.311 e. The molecule has 0 amide bonds. The van der Waals surface area contributed by atoms with E-state index in [2.05, 4.69) is 0 Å². The lowest BCUT2D eigenvalue weighted by Gasteiger charge is -2.17. The van der Waals surface area contributed by atoms with Gasteiger partial charge in [-0.15, -0.1) is 0 Å². The highest BCUT2D eigenvalue weighted by Crippen LogP contribution is 2.37. The second kappa shape index (κ2) is 5.21. The number of aryl methyl sites for hydroxylation is 1. The predicted octanol–water partition coefficient (Wildman–Crippen LogP) is 3.24. The SMILES string of the molecule is CCC(C(=O)O)c1c(OC)ccc(C)c1Cl. The number of aliphatic carboxylic acids is 1. The zero-order chi connectivity index (χ0) is 12.3. The van der Waals surface area contributed by atoms with Gasteiger partial charge in [-0.2, -0.15) is 0 Å². The lowest BCUT2D eigenvalue weighted by Crippen LogP contribution is -2.12. The molecular weight excluding hydrogens is 228 g/mol. The first-order valence-electron chi connectivity index (χ1n) is 5.08. The summed E-state index contributed by atoms with van der Waals surface area (Å²) in [4.78, 5) is 11.1. The predicted molar refractivity (Wildman–Crippen MR) is 63.4 cm³/mol. The van der Waals surface area contributed by atoms with Gasteiger partial charge in [-0.25, -0.2) is 0 Å². The number of hydrogen-bond acceptors (Lipinski definition) is 2. The third-order valence-corrected chi connectivity index (χ3v) is 3.11. The Labute approximate surface area is 100.0 Å². The van der Waals surface area contributed by atoms with Gasteiger partial charge >= 0.3 is 5.97 Å². The van der Waals surface area contributed by atoms with Crippen LogP contribution in [0.25, 0.3) is 0 Å². The monoisotopic (exact) mass is 242 g/mol. The van der Waals surface area contributed by atoms with E-state index in [1.165, 1.54) is 7.11 Å². The maximum atomic E-state index is 11.1. The van der Waals surface area contributed by atoms with Crippen molar-refractivity contribution in [3.8, 4) is 5.75 Å². The van der Waals surface area contributed by atoms with Crippen LogP contribution in [0, 0.1) is 6.92 Å². The van der Waals surface area contributed by atoms with Gasteiger partial charge in [0.25, 0.3) is 0 Å². The molecule has 1 atom stereocenters. The van der Waals surface area contributed by atoms with Crippen molar-refractivity contribution < 1.29 is 14.6 Å². The molecule has 1 aromatic rings. The summed E-state index contributed by atoms with van der Waals surface area (Å²) < 4.78 is 5.17. The van der Waals surface area contributed by atoms with E-state index in [9.17, 15) is 4.79 Å². The summed E-state index contributed by atoms with van der Waals surface area (Å²) in [6.07, 6.45) is 0.481. The van der Waals surface area contributed by atoms with Crippen molar-refractivity contribution in [3.05, 3.63) is 28.3 Å². The van der Waals surface area contributed by atoms with E-state index >= 15 is 0 Å². The minimum atomic E-state index is -0.881. The van der Waals surface area contributed by atoms with Crippen LogP contribution in [-0.2, 0) is 4.79 Å². The Morgan fingerprint density at radius 2 is 2.19 bits per heavy atom. The third-order valence-electron chi connectivity index (χ3n) is 2.61. The molecule has 0 fully saturated rings. The van der Waals surface area contributed by atoms with Crippen molar-refractivity contribution in [1.82, 2.24) is 0 Å². The summed E-state index contributed by atoms with van der Waals surface area (Å²) in [5.74, 6) is -0.972. The van der Waals surface area contributed by atoms with Crippen LogP contribution in [0.1, 0.15) is 30.4 Å². The molecular formula is C12H15ClO3. The fourth-order valence-corrected chi connectivity index (χ4v) is 1.98. The van der Waals surface area contributed by atoms with Gasteiger partial charge in [0.2, 0.25) is 0 Å².